The lowest BCUT2D eigenvalue weighted by atomic mass is 9.92. The zero-order valence-corrected chi connectivity index (χ0v) is 13.1. The van der Waals surface area contributed by atoms with Gasteiger partial charge in [-0.25, -0.2) is 0 Å². The van der Waals surface area contributed by atoms with Crippen molar-refractivity contribution in [3.8, 4) is 17.2 Å². The Bertz CT molecular complexity index is 722. The van der Waals surface area contributed by atoms with Gasteiger partial charge in [-0.3, -0.25) is 4.99 Å². The number of para-hydroxylation sites is 1. The molecule has 2 aromatic rings. The highest BCUT2D eigenvalue weighted by Crippen LogP contribution is 2.34. The van der Waals surface area contributed by atoms with Crippen molar-refractivity contribution in [2.24, 2.45) is 4.99 Å². The van der Waals surface area contributed by atoms with Crippen LogP contribution in [0.15, 0.2) is 41.4 Å². The van der Waals surface area contributed by atoms with E-state index in [0.29, 0.717) is 5.75 Å². The second-order valence-electron chi connectivity index (χ2n) is 5.04. The molecular weight excluding hydrogens is 278 g/mol. The second-order valence-corrected chi connectivity index (χ2v) is 5.04. The smallest absolute Gasteiger partial charge is 0.161 e. The lowest BCUT2D eigenvalue weighted by Crippen LogP contribution is -2.15. The predicted octanol–water partition coefficient (Wildman–Crippen LogP) is 3.11. The average Bonchev–Trinajstić information content (AvgIpc) is 2.59. The molecule has 4 nitrogen and oxygen atoms in total. The molecule has 1 aliphatic rings. The summed E-state index contributed by atoms with van der Waals surface area (Å²) in [5.74, 6) is 2.29. The summed E-state index contributed by atoms with van der Waals surface area (Å²) in [5, 5.41) is 0. The van der Waals surface area contributed by atoms with Crippen LogP contribution in [0.4, 0.5) is 0 Å². The molecule has 0 bridgehead atoms. The fraction of sp³-hybridized carbons (Fsp3) is 0.278. The van der Waals surface area contributed by atoms with E-state index in [1.807, 2.05) is 36.4 Å². The van der Waals surface area contributed by atoms with Gasteiger partial charge in [0.1, 0.15) is 5.75 Å². The van der Waals surface area contributed by atoms with Crippen LogP contribution in [0.5, 0.6) is 17.2 Å². The SMILES string of the molecule is COc1cc2c(cc1OC)C(c1ccccc1OC)=NCC2. The van der Waals surface area contributed by atoms with Crippen molar-refractivity contribution in [3.05, 3.63) is 53.1 Å². The van der Waals surface area contributed by atoms with Crippen LogP contribution < -0.4 is 14.2 Å². The normalized spacial score (nSPS) is 13.1. The molecule has 3 rings (SSSR count). The first kappa shape index (κ1) is 14.4. The third-order valence-electron chi connectivity index (χ3n) is 3.88. The number of rotatable bonds is 4. The maximum atomic E-state index is 5.48. The van der Waals surface area contributed by atoms with Crippen LogP contribution >= 0.6 is 0 Å². The van der Waals surface area contributed by atoms with E-state index in [2.05, 4.69) is 0 Å². The summed E-state index contributed by atoms with van der Waals surface area (Å²) < 4.78 is 16.3. The number of ether oxygens (including phenoxy) is 3. The standard InChI is InChI=1S/C18H19NO3/c1-20-15-7-5-4-6-13(15)18-14-11-17(22-3)16(21-2)10-12(14)8-9-19-18/h4-7,10-11H,8-9H2,1-3H3. The molecule has 2 aromatic carbocycles. The molecule has 0 spiro atoms. The van der Waals surface area contributed by atoms with E-state index in [0.717, 1.165) is 41.3 Å². The maximum Gasteiger partial charge on any atom is 0.161 e. The minimum absolute atomic E-state index is 0.714. The average molecular weight is 297 g/mol. The van der Waals surface area contributed by atoms with Gasteiger partial charge in [0.2, 0.25) is 0 Å². The van der Waals surface area contributed by atoms with Crippen molar-refractivity contribution in [1.82, 2.24) is 0 Å². The Morgan fingerprint density at radius 1 is 0.818 bits per heavy atom. The van der Waals surface area contributed by atoms with Gasteiger partial charge >= 0.3 is 0 Å². The zero-order chi connectivity index (χ0) is 15.5. The Hall–Kier alpha value is -2.49. The van der Waals surface area contributed by atoms with Gasteiger partial charge in [0.25, 0.3) is 0 Å². The Morgan fingerprint density at radius 3 is 2.23 bits per heavy atom. The van der Waals surface area contributed by atoms with Crippen molar-refractivity contribution >= 4 is 5.71 Å². The molecule has 1 heterocycles. The van der Waals surface area contributed by atoms with Crippen LogP contribution in [0.1, 0.15) is 16.7 Å². The van der Waals surface area contributed by atoms with Gasteiger partial charge in [-0.2, -0.15) is 0 Å². The van der Waals surface area contributed by atoms with Gasteiger partial charge in [-0.05, 0) is 36.2 Å². The molecule has 0 aliphatic carbocycles. The lowest BCUT2D eigenvalue weighted by molar-refractivity contribution is 0.354. The van der Waals surface area contributed by atoms with Crippen molar-refractivity contribution in [2.75, 3.05) is 27.9 Å². The Kier molecular flexibility index (Phi) is 4.00. The summed E-state index contributed by atoms with van der Waals surface area (Å²) >= 11 is 0. The summed E-state index contributed by atoms with van der Waals surface area (Å²) in [5.41, 5.74) is 4.24. The molecular formula is C18H19NO3. The first-order chi connectivity index (χ1) is 10.8. The highest BCUT2D eigenvalue weighted by molar-refractivity contribution is 6.16. The van der Waals surface area contributed by atoms with Gasteiger partial charge in [0.15, 0.2) is 11.5 Å². The number of fused-ring (bicyclic) bond motifs is 1. The van der Waals surface area contributed by atoms with E-state index in [1.165, 1.54) is 5.56 Å². The second kappa shape index (κ2) is 6.10. The van der Waals surface area contributed by atoms with Gasteiger partial charge in [0.05, 0.1) is 27.0 Å². The molecule has 1 aliphatic heterocycles. The maximum absolute atomic E-state index is 5.48. The van der Waals surface area contributed by atoms with Gasteiger partial charge < -0.3 is 14.2 Å². The van der Waals surface area contributed by atoms with Crippen LogP contribution in [0.3, 0.4) is 0 Å². The van der Waals surface area contributed by atoms with Crippen molar-refractivity contribution in [2.45, 2.75) is 6.42 Å². The Balaban J connectivity index is 2.16. The highest BCUT2D eigenvalue weighted by Gasteiger charge is 2.21. The van der Waals surface area contributed by atoms with Crippen LogP contribution in [0.25, 0.3) is 0 Å². The largest absolute Gasteiger partial charge is 0.496 e. The first-order valence-electron chi connectivity index (χ1n) is 7.21. The summed E-state index contributed by atoms with van der Waals surface area (Å²) in [7, 11) is 4.98. The van der Waals surface area contributed by atoms with E-state index in [4.69, 9.17) is 19.2 Å². The summed E-state index contributed by atoms with van der Waals surface area (Å²) in [6, 6.07) is 12.0. The molecule has 0 amide bonds. The quantitative estimate of drug-likeness (QED) is 0.870. The van der Waals surface area contributed by atoms with Crippen LogP contribution in [0, 0.1) is 0 Å². The van der Waals surface area contributed by atoms with Gasteiger partial charge in [-0.15, -0.1) is 0 Å². The molecule has 22 heavy (non-hydrogen) atoms. The van der Waals surface area contributed by atoms with E-state index in [1.54, 1.807) is 21.3 Å². The molecule has 0 saturated heterocycles. The number of nitrogens with zero attached hydrogens (tertiary/aromatic N) is 1. The molecule has 0 N–H and O–H groups in total. The molecule has 0 unspecified atom stereocenters. The van der Waals surface area contributed by atoms with Crippen molar-refractivity contribution < 1.29 is 14.2 Å². The van der Waals surface area contributed by atoms with Crippen LogP contribution in [-0.2, 0) is 6.42 Å². The zero-order valence-electron chi connectivity index (χ0n) is 13.1. The van der Waals surface area contributed by atoms with Gasteiger partial charge in [-0.1, -0.05) is 12.1 Å². The molecule has 0 saturated carbocycles. The number of hydrogen-bond donors (Lipinski definition) is 0. The number of methoxy groups -OCH3 is 3. The van der Waals surface area contributed by atoms with Crippen LogP contribution in [-0.4, -0.2) is 33.6 Å². The monoisotopic (exact) mass is 297 g/mol. The lowest BCUT2D eigenvalue weighted by Gasteiger charge is -2.21. The minimum Gasteiger partial charge on any atom is -0.496 e. The molecule has 0 radical (unpaired) electrons. The summed E-state index contributed by atoms with van der Waals surface area (Å²) in [4.78, 5) is 4.72. The van der Waals surface area contributed by atoms with E-state index >= 15 is 0 Å². The molecule has 4 heteroatoms. The van der Waals surface area contributed by atoms with Crippen molar-refractivity contribution in [3.63, 3.8) is 0 Å². The highest BCUT2D eigenvalue weighted by atomic mass is 16.5. The predicted molar refractivity (Wildman–Crippen MR) is 86.8 cm³/mol. The van der Waals surface area contributed by atoms with E-state index in [-0.39, 0.29) is 0 Å². The molecule has 0 atom stereocenters. The molecule has 0 fully saturated rings. The number of aliphatic imine (C=N–C) groups is 1. The van der Waals surface area contributed by atoms with E-state index in [9.17, 15) is 0 Å². The molecule has 114 valence electrons. The summed E-state index contributed by atoms with van der Waals surface area (Å²) in [6.07, 6.45) is 0.897. The third kappa shape index (κ3) is 2.41. The Labute approximate surface area is 130 Å². The van der Waals surface area contributed by atoms with Crippen LogP contribution in [0.2, 0.25) is 0 Å². The first-order valence-corrected chi connectivity index (χ1v) is 7.21. The number of hydrogen-bond acceptors (Lipinski definition) is 4. The fourth-order valence-electron chi connectivity index (χ4n) is 2.79. The van der Waals surface area contributed by atoms with E-state index < -0.39 is 0 Å². The Morgan fingerprint density at radius 2 is 1.50 bits per heavy atom. The van der Waals surface area contributed by atoms with Crippen molar-refractivity contribution in [1.29, 1.82) is 0 Å². The third-order valence-corrected chi connectivity index (χ3v) is 3.88. The summed E-state index contributed by atoms with van der Waals surface area (Å²) in [6.45, 7) is 0.760. The fourth-order valence-corrected chi connectivity index (χ4v) is 2.79. The topological polar surface area (TPSA) is 40.0 Å². The minimum atomic E-state index is 0.714. The number of benzene rings is 2. The molecule has 0 aromatic heterocycles. The van der Waals surface area contributed by atoms with Gasteiger partial charge in [0, 0.05) is 17.7 Å².